The number of hydrogen-bond donors (Lipinski definition) is 0. The van der Waals surface area contributed by atoms with Gasteiger partial charge >= 0.3 is 0 Å². The Kier molecular flexibility index (Phi) is 10.0. The van der Waals surface area contributed by atoms with Crippen LogP contribution in [-0.2, 0) is 4.79 Å². The third-order valence-corrected chi connectivity index (χ3v) is 6.13. The predicted octanol–water partition coefficient (Wildman–Crippen LogP) is 6.25. The number of anilines is 2. The number of likely N-dealkylation sites (tertiary alicyclic amines) is 1. The van der Waals surface area contributed by atoms with Gasteiger partial charge in [0.2, 0.25) is 0 Å². The van der Waals surface area contributed by atoms with Gasteiger partial charge in [0.1, 0.15) is 6.29 Å². The van der Waals surface area contributed by atoms with Crippen LogP contribution in [0.15, 0.2) is 54.9 Å². The van der Waals surface area contributed by atoms with Crippen molar-refractivity contribution in [3.8, 4) is 0 Å². The number of hydrogen-bond acceptors (Lipinski definition) is 4. The van der Waals surface area contributed by atoms with Gasteiger partial charge in [-0.2, -0.15) is 0 Å². The number of aldehydes is 1. The van der Waals surface area contributed by atoms with E-state index < -0.39 is 0 Å². The lowest BCUT2D eigenvalue weighted by molar-refractivity contribution is -0.106. The summed E-state index contributed by atoms with van der Waals surface area (Å²) in [4.78, 5) is 18.5. The first-order chi connectivity index (χ1) is 14.6. The zero-order valence-corrected chi connectivity index (χ0v) is 19.3. The normalized spacial score (nSPS) is 15.2. The number of nitrogens with zero attached hydrogens (tertiary/aromatic N) is 3. The lowest BCUT2D eigenvalue weighted by Crippen LogP contribution is -2.53. The van der Waals surface area contributed by atoms with Crippen molar-refractivity contribution < 1.29 is 4.79 Å². The molecule has 0 atom stereocenters. The van der Waals surface area contributed by atoms with E-state index >= 15 is 0 Å². The number of benzene rings is 1. The average molecular weight is 410 g/mol. The molecule has 0 N–H and O–H groups in total. The molecule has 2 heterocycles. The van der Waals surface area contributed by atoms with Crippen LogP contribution in [0.2, 0.25) is 0 Å². The molecule has 0 unspecified atom stereocenters. The highest BCUT2D eigenvalue weighted by Gasteiger charge is 2.35. The van der Waals surface area contributed by atoms with Gasteiger partial charge in [-0.1, -0.05) is 44.9 Å². The molecule has 4 nitrogen and oxygen atoms in total. The van der Waals surface area contributed by atoms with E-state index in [0.29, 0.717) is 11.6 Å². The molecule has 4 heteroatoms. The minimum Gasteiger partial charge on any atom is -0.337 e. The van der Waals surface area contributed by atoms with Gasteiger partial charge in [-0.05, 0) is 63.8 Å². The average Bonchev–Trinajstić information content (AvgIpc) is 2.77. The molecule has 1 fully saturated rings. The molecular formula is C26H39N3O. The van der Waals surface area contributed by atoms with E-state index in [4.69, 9.17) is 4.79 Å². The molecule has 164 valence electrons. The summed E-state index contributed by atoms with van der Waals surface area (Å²) >= 11 is 0. The fourth-order valence-electron chi connectivity index (χ4n) is 4.84. The van der Waals surface area contributed by atoms with Crippen LogP contribution in [0, 0.1) is 0 Å². The largest absolute Gasteiger partial charge is 0.337 e. The molecule has 1 aliphatic rings. The molecule has 3 rings (SSSR count). The van der Waals surface area contributed by atoms with E-state index in [0.717, 1.165) is 6.29 Å². The Balaban J connectivity index is 0.00000101. The predicted molar refractivity (Wildman–Crippen MR) is 127 cm³/mol. The number of carbonyl (C=O) groups excluding carboxylic acids is 1. The highest BCUT2D eigenvalue weighted by Crippen LogP contribution is 2.35. The van der Waals surface area contributed by atoms with E-state index in [-0.39, 0.29) is 0 Å². The third-order valence-electron chi connectivity index (χ3n) is 6.13. The summed E-state index contributed by atoms with van der Waals surface area (Å²) in [5.41, 5.74) is 2.83. The first-order valence-electron chi connectivity index (χ1n) is 11.5. The van der Waals surface area contributed by atoms with Crippen LogP contribution in [0.4, 0.5) is 11.4 Å². The van der Waals surface area contributed by atoms with Crippen LogP contribution in [-0.4, -0.2) is 40.8 Å². The fourth-order valence-corrected chi connectivity index (χ4v) is 4.84. The zero-order valence-electron chi connectivity index (χ0n) is 19.3. The van der Waals surface area contributed by atoms with Crippen molar-refractivity contribution in [3.63, 3.8) is 0 Å². The van der Waals surface area contributed by atoms with Crippen molar-refractivity contribution in [1.29, 1.82) is 0 Å². The summed E-state index contributed by atoms with van der Waals surface area (Å²) in [5.74, 6) is 0. The summed E-state index contributed by atoms with van der Waals surface area (Å²) in [7, 11) is 0. The molecule has 1 saturated heterocycles. The SMILES string of the molecule is CC=O.CCCC(C)(CCC)N1CCC(N(c2ccccc2)c2cccnc2)CC1. The Hall–Kier alpha value is -2.20. The molecule has 1 aromatic carbocycles. The van der Waals surface area contributed by atoms with E-state index in [1.54, 1.807) is 0 Å². The molecule has 0 saturated carbocycles. The minimum absolute atomic E-state index is 0.361. The van der Waals surface area contributed by atoms with Gasteiger partial charge in [0.05, 0.1) is 11.9 Å². The van der Waals surface area contributed by atoms with Crippen molar-refractivity contribution in [2.45, 2.75) is 77.8 Å². The first kappa shape index (κ1) is 24.1. The maximum Gasteiger partial charge on any atom is 0.116 e. The molecule has 2 aromatic rings. The van der Waals surface area contributed by atoms with E-state index in [9.17, 15) is 0 Å². The first-order valence-corrected chi connectivity index (χ1v) is 11.5. The molecule has 30 heavy (non-hydrogen) atoms. The maximum absolute atomic E-state index is 8.81. The molecule has 0 bridgehead atoms. The number of carbonyl (C=O) groups is 1. The lowest BCUT2D eigenvalue weighted by atomic mass is 9.86. The molecule has 0 aliphatic carbocycles. The summed E-state index contributed by atoms with van der Waals surface area (Å²) < 4.78 is 0. The van der Waals surface area contributed by atoms with E-state index in [2.05, 4.69) is 72.0 Å². The van der Waals surface area contributed by atoms with Crippen LogP contribution in [0.5, 0.6) is 0 Å². The van der Waals surface area contributed by atoms with Crippen LogP contribution >= 0.6 is 0 Å². The van der Waals surface area contributed by atoms with Crippen LogP contribution in [0.25, 0.3) is 0 Å². The third kappa shape index (κ3) is 6.40. The highest BCUT2D eigenvalue weighted by molar-refractivity contribution is 5.63. The van der Waals surface area contributed by atoms with Crippen molar-refractivity contribution in [2.75, 3.05) is 18.0 Å². The van der Waals surface area contributed by atoms with Gasteiger partial charge in [-0.15, -0.1) is 0 Å². The van der Waals surface area contributed by atoms with Gasteiger partial charge in [0.25, 0.3) is 0 Å². The number of rotatable bonds is 8. The number of para-hydroxylation sites is 1. The summed E-state index contributed by atoms with van der Waals surface area (Å²) in [6.07, 6.45) is 12.1. The zero-order chi connectivity index (χ0) is 21.8. The Morgan fingerprint density at radius 3 is 2.10 bits per heavy atom. The number of aromatic nitrogens is 1. The molecule has 1 aliphatic heterocycles. The molecule has 0 amide bonds. The topological polar surface area (TPSA) is 36.4 Å². The summed E-state index contributed by atoms with van der Waals surface area (Å²) in [5, 5.41) is 0. The van der Waals surface area contributed by atoms with Crippen LogP contribution in [0.3, 0.4) is 0 Å². The molecular weight excluding hydrogens is 370 g/mol. The summed E-state index contributed by atoms with van der Waals surface area (Å²) in [6, 6.07) is 15.6. The second-order valence-corrected chi connectivity index (χ2v) is 8.37. The fraction of sp³-hybridized carbons (Fsp3) is 0.538. The maximum atomic E-state index is 8.81. The second-order valence-electron chi connectivity index (χ2n) is 8.37. The van der Waals surface area contributed by atoms with E-state index in [1.165, 1.54) is 69.9 Å². The number of pyridine rings is 1. The second kappa shape index (κ2) is 12.5. The minimum atomic E-state index is 0.361. The Morgan fingerprint density at radius 2 is 1.60 bits per heavy atom. The Morgan fingerprint density at radius 1 is 1.03 bits per heavy atom. The number of piperidine rings is 1. The summed E-state index contributed by atoms with van der Waals surface area (Å²) in [6.45, 7) is 10.9. The smallest absolute Gasteiger partial charge is 0.116 e. The molecule has 0 spiro atoms. The van der Waals surface area contributed by atoms with Gasteiger partial charge < -0.3 is 9.69 Å². The van der Waals surface area contributed by atoms with Gasteiger partial charge in [0, 0.05) is 36.6 Å². The van der Waals surface area contributed by atoms with Gasteiger partial charge in [-0.3, -0.25) is 9.88 Å². The van der Waals surface area contributed by atoms with Gasteiger partial charge in [-0.25, -0.2) is 0 Å². The Bertz CT molecular complexity index is 666. The van der Waals surface area contributed by atoms with E-state index in [1.807, 2.05) is 18.5 Å². The molecule has 0 radical (unpaired) electrons. The highest BCUT2D eigenvalue weighted by atomic mass is 16.1. The molecule has 1 aromatic heterocycles. The monoisotopic (exact) mass is 409 g/mol. The quantitative estimate of drug-likeness (QED) is 0.483. The lowest BCUT2D eigenvalue weighted by Gasteiger charge is -2.47. The van der Waals surface area contributed by atoms with Crippen molar-refractivity contribution >= 4 is 17.7 Å². The van der Waals surface area contributed by atoms with Crippen molar-refractivity contribution in [3.05, 3.63) is 54.9 Å². The Labute approximate surface area is 183 Å². The van der Waals surface area contributed by atoms with Crippen LogP contribution in [0.1, 0.15) is 66.2 Å². The van der Waals surface area contributed by atoms with Crippen LogP contribution < -0.4 is 4.90 Å². The van der Waals surface area contributed by atoms with Crippen molar-refractivity contribution in [2.24, 2.45) is 0 Å². The van der Waals surface area contributed by atoms with Gasteiger partial charge in [0.15, 0.2) is 0 Å². The standard InChI is InChI=1S/C24H35N3.C2H4O/c1-4-15-24(3,16-5-2)26-18-13-22(14-19-26)27(21-10-7-6-8-11-21)23-12-9-17-25-20-23;1-2-3/h6-12,17,20,22H,4-5,13-16,18-19H2,1-3H3;2H,1H3. The van der Waals surface area contributed by atoms with Crippen molar-refractivity contribution in [1.82, 2.24) is 9.88 Å².